The van der Waals surface area contributed by atoms with Crippen LogP contribution in [0.3, 0.4) is 0 Å². The number of nitrogens with zero attached hydrogens (tertiary/aromatic N) is 3. The second-order valence-electron chi connectivity index (χ2n) is 5.67. The maximum Gasteiger partial charge on any atom is 0.224 e. The van der Waals surface area contributed by atoms with Crippen LogP contribution in [0, 0.1) is 0 Å². The molecule has 1 unspecified atom stereocenters. The van der Waals surface area contributed by atoms with E-state index in [0.29, 0.717) is 19.0 Å². The van der Waals surface area contributed by atoms with E-state index in [-0.39, 0.29) is 30.7 Å². The molecule has 2 aromatic rings. The minimum atomic E-state index is 0. The van der Waals surface area contributed by atoms with Crippen LogP contribution in [0.25, 0.3) is 0 Å². The summed E-state index contributed by atoms with van der Waals surface area (Å²) < 4.78 is 1.77. The predicted molar refractivity (Wildman–Crippen MR) is 99.0 cm³/mol. The number of carbonyl (C=O) groups is 1. The van der Waals surface area contributed by atoms with Gasteiger partial charge in [-0.25, -0.2) is 9.67 Å². The third kappa shape index (κ3) is 6.11. The molecule has 1 aliphatic rings. The zero-order valence-electron chi connectivity index (χ0n) is 13.4. The summed E-state index contributed by atoms with van der Waals surface area (Å²) in [6.45, 7) is 1.76. The first-order valence-electron chi connectivity index (χ1n) is 7.74. The molecule has 6 nitrogen and oxygen atoms in total. The van der Waals surface area contributed by atoms with Gasteiger partial charge in [-0.15, -0.1) is 24.8 Å². The highest BCUT2D eigenvalue weighted by Crippen LogP contribution is 2.13. The number of anilines is 1. The number of nitrogens with one attached hydrogen (secondary N) is 2. The van der Waals surface area contributed by atoms with E-state index in [4.69, 9.17) is 0 Å². The van der Waals surface area contributed by atoms with Gasteiger partial charge >= 0.3 is 0 Å². The first kappa shape index (κ1) is 20.4. The summed E-state index contributed by atoms with van der Waals surface area (Å²) in [4.78, 5) is 15.9. The van der Waals surface area contributed by atoms with E-state index in [2.05, 4.69) is 20.7 Å². The monoisotopic (exact) mass is 371 g/mol. The highest BCUT2D eigenvalue weighted by atomic mass is 35.5. The van der Waals surface area contributed by atoms with Crippen molar-refractivity contribution < 1.29 is 4.79 Å². The minimum absolute atomic E-state index is 0. The quantitative estimate of drug-likeness (QED) is 0.818. The van der Waals surface area contributed by atoms with Crippen molar-refractivity contribution in [3.8, 4) is 0 Å². The predicted octanol–water partition coefficient (Wildman–Crippen LogP) is 2.64. The fourth-order valence-corrected chi connectivity index (χ4v) is 2.73. The van der Waals surface area contributed by atoms with Crippen molar-refractivity contribution in [2.24, 2.45) is 0 Å². The van der Waals surface area contributed by atoms with Gasteiger partial charge in [0.25, 0.3) is 0 Å². The molecule has 2 heterocycles. The average molecular weight is 372 g/mol. The van der Waals surface area contributed by atoms with Gasteiger partial charge in [-0.05, 0) is 43.5 Å². The first-order valence-corrected chi connectivity index (χ1v) is 7.74. The Bertz CT molecular complexity index is 597. The fraction of sp³-hybridized carbons (Fsp3) is 0.438. The van der Waals surface area contributed by atoms with Crippen molar-refractivity contribution >= 4 is 36.4 Å². The molecule has 1 amide bonds. The lowest BCUT2D eigenvalue weighted by molar-refractivity contribution is -0.116. The number of amides is 1. The standard InChI is InChI=1S/C16H21N5O.2ClH/c22-16(8-7-14-2-1-9-18-14)20-15-5-3-13(4-6-15)10-21-12-17-11-19-21;;/h3-6,11-12,14,18H,1-2,7-10H2,(H,20,22);2*1H. The summed E-state index contributed by atoms with van der Waals surface area (Å²) in [5, 5.41) is 10.4. The molecule has 0 spiro atoms. The van der Waals surface area contributed by atoms with E-state index in [1.807, 2.05) is 24.3 Å². The Kier molecular flexibility index (Phi) is 8.74. The summed E-state index contributed by atoms with van der Waals surface area (Å²) in [5.74, 6) is 0.0812. The smallest absolute Gasteiger partial charge is 0.224 e. The first-order chi connectivity index (χ1) is 10.8. The fourth-order valence-electron chi connectivity index (χ4n) is 2.73. The van der Waals surface area contributed by atoms with E-state index < -0.39 is 0 Å². The van der Waals surface area contributed by atoms with Crippen molar-refractivity contribution in [3.63, 3.8) is 0 Å². The van der Waals surface area contributed by atoms with Crippen LogP contribution in [0.4, 0.5) is 5.69 Å². The molecule has 0 radical (unpaired) electrons. The van der Waals surface area contributed by atoms with Crippen LogP contribution >= 0.6 is 24.8 Å². The molecule has 24 heavy (non-hydrogen) atoms. The maximum absolute atomic E-state index is 11.9. The van der Waals surface area contributed by atoms with E-state index in [1.165, 1.54) is 19.2 Å². The molecule has 1 aliphatic heterocycles. The van der Waals surface area contributed by atoms with Gasteiger partial charge < -0.3 is 10.6 Å². The average Bonchev–Trinajstić information content (AvgIpc) is 3.20. The number of rotatable bonds is 6. The number of hydrogen-bond acceptors (Lipinski definition) is 4. The van der Waals surface area contributed by atoms with Crippen molar-refractivity contribution in [1.82, 2.24) is 20.1 Å². The molecule has 0 saturated carbocycles. The Hall–Kier alpha value is -1.63. The zero-order chi connectivity index (χ0) is 15.2. The number of halogens is 2. The minimum Gasteiger partial charge on any atom is -0.326 e. The summed E-state index contributed by atoms with van der Waals surface area (Å²) in [6, 6.07) is 8.36. The Morgan fingerprint density at radius 1 is 1.29 bits per heavy atom. The molecule has 1 saturated heterocycles. The molecule has 8 heteroatoms. The van der Waals surface area contributed by atoms with Gasteiger partial charge in [0.1, 0.15) is 12.7 Å². The summed E-state index contributed by atoms with van der Waals surface area (Å²) in [5.41, 5.74) is 1.96. The molecular weight excluding hydrogens is 349 g/mol. The Labute approximate surface area is 154 Å². The Morgan fingerprint density at radius 3 is 2.71 bits per heavy atom. The van der Waals surface area contributed by atoms with Crippen molar-refractivity contribution in [1.29, 1.82) is 0 Å². The molecule has 3 rings (SSSR count). The van der Waals surface area contributed by atoms with Gasteiger partial charge in [-0.3, -0.25) is 4.79 Å². The van der Waals surface area contributed by atoms with Crippen molar-refractivity contribution in [3.05, 3.63) is 42.5 Å². The maximum atomic E-state index is 11.9. The van der Waals surface area contributed by atoms with E-state index >= 15 is 0 Å². The van der Waals surface area contributed by atoms with E-state index in [0.717, 1.165) is 24.2 Å². The number of aromatic nitrogens is 3. The highest BCUT2D eigenvalue weighted by molar-refractivity contribution is 5.90. The second kappa shape index (κ2) is 10.3. The molecule has 0 aliphatic carbocycles. The van der Waals surface area contributed by atoms with Crippen LogP contribution in [0.1, 0.15) is 31.2 Å². The topological polar surface area (TPSA) is 71.8 Å². The lowest BCUT2D eigenvalue weighted by atomic mass is 10.1. The van der Waals surface area contributed by atoms with Gasteiger partial charge in [-0.1, -0.05) is 12.1 Å². The SMILES string of the molecule is Cl.Cl.O=C(CCC1CCCN1)Nc1ccc(Cn2cncn2)cc1. The summed E-state index contributed by atoms with van der Waals surface area (Å²) >= 11 is 0. The van der Waals surface area contributed by atoms with Crippen LogP contribution in [-0.2, 0) is 11.3 Å². The van der Waals surface area contributed by atoms with Gasteiger partial charge in [0.05, 0.1) is 6.54 Å². The lowest BCUT2D eigenvalue weighted by Crippen LogP contribution is -2.23. The van der Waals surface area contributed by atoms with Crippen LogP contribution in [0.15, 0.2) is 36.9 Å². The Balaban J connectivity index is 0.00000144. The van der Waals surface area contributed by atoms with Crippen LogP contribution < -0.4 is 10.6 Å². The molecular formula is C16H23Cl2N5O. The molecule has 1 aromatic heterocycles. The van der Waals surface area contributed by atoms with Crippen LogP contribution in [0.5, 0.6) is 0 Å². The molecule has 1 atom stereocenters. The van der Waals surface area contributed by atoms with Crippen LogP contribution in [0.2, 0.25) is 0 Å². The third-order valence-electron chi connectivity index (χ3n) is 3.93. The van der Waals surface area contributed by atoms with Crippen molar-refractivity contribution in [2.45, 2.75) is 38.3 Å². The summed E-state index contributed by atoms with van der Waals surface area (Å²) in [7, 11) is 0. The number of carbonyl (C=O) groups excluding carboxylic acids is 1. The normalized spacial score (nSPS) is 16.1. The Morgan fingerprint density at radius 2 is 2.08 bits per heavy atom. The van der Waals surface area contributed by atoms with E-state index in [1.54, 1.807) is 11.0 Å². The van der Waals surface area contributed by atoms with Gasteiger partial charge in [0.15, 0.2) is 0 Å². The zero-order valence-corrected chi connectivity index (χ0v) is 15.0. The number of hydrogen-bond donors (Lipinski definition) is 2. The molecule has 132 valence electrons. The highest BCUT2D eigenvalue weighted by Gasteiger charge is 2.15. The summed E-state index contributed by atoms with van der Waals surface area (Å²) in [6.07, 6.45) is 7.10. The van der Waals surface area contributed by atoms with Gasteiger partial charge in [0, 0.05) is 18.2 Å². The lowest BCUT2D eigenvalue weighted by Gasteiger charge is -2.10. The second-order valence-corrected chi connectivity index (χ2v) is 5.67. The third-order valence-corrected chi connectivity index (χ3v) is 3.93. The largest absolute Gasteiger partial charge is 0.326 e. The van der Waals surface area contributed by atoms with Crippen LogP contribution in [-0.4, -0.2) is 33.3 Å². The molecule has 0 bridgehead atoms. The van der Waals surface area contributed by atoms with Gasteiger partial charge in [0.2, 0.25) is 5.91 Å². The van der Waals surface area contributed by atoms with Crippen molar-refractivity contribution in [2.75, 3.05) is 11.9 Å². The molecule has 2 N–H and O–H groups in total. The van der Waals surface area contributed by atoms with E-state index in [9.17, 15) is 4.79 Å². The number of benzene rings is 1. The molecule has 1 aromatic carbocycles. The molecule has 1 fully saturated rings. The van der Waals surface area contributed by atoms with Gasteiger partial charge in [-0.2, -0.15) is 5.10 Å².